The molecule has 1 amide bonds. The molecule has 2 aliphatic rings. The highest BCUT2D eigenvalue weighted by Gasteiger charge is 2.18. The highest BCUT2D eigenvalue weighted by atomic mass is 35.5. The van der Waals surface area contributed by atoms with Crippen molar-refractivity contribution in [2.24, 2.45) is 0 Å². The number of ether oxygens (including phenoxy) is 2. The van der Waals surface area contributed by atoms with Crippen molar-refractivity contribution in [1.82, 2.24) is 10.2 Å². The van der Waals surface area contributed by atoms with Gasteiger partial charge in [0, 0.05) is 25.2 Å². The SMILES string of the molecule is O=C(CN1CCCNCC1)Nc1cc2c(cc1Cl)OCO2. The van der Waals surface area contributed by atoms with Crippen LogP contribution < -0.4 is 20.1 Å². The van der Waals surface area contributed by atoms with Gasteiger partial charge in [-0.1, -0.05) is 11.6 Å². The molecule has 1 fully saturated rings. The number of rotatable bonds is 3. The molecule has 0 spiro atoms. The maximum absolute atomic E-state index is 12.1. The van der Waals surface area contributed by atoms with Gasteiger partial charge in [-0.25, -0.2) is 0 Å². The summed E-state index contributed by atoms with van der Waals surface area (Å²) in [5.41, 5.74) is 0.555. The highest BCUT2D eigenvalue weighted by Crippen LogP contribution is 2.39. The first-order valence-corrected chi connectivity index (χ1v) is 7.42. The Balaban J connectivity index is 1.62. The normalized spacial score (nSPS) is 18.3. The summed E-state index contributed by atoms with van der Waals surface area (Å²) in [5.74, 6) is 1.14. The lowest BCUT2D eigenvalue weighted by Gasteiger charge is -2.19. The van der Waals surface area contributed by atoms with Gasteiger partial charge in [-0.2, -0.15) is 0 Å². The van der Waals surface area contributed by atoms with Crippen molar-refractivity contribution in [3.63, 3.8) is 0 Å². The maximum Gasteiger partial charge on any atom is 0.238 e. The monoisotopic (exact) mass is 311 g/mol. The molecular formula is C14H18ClN3O3. The van der Waals surface area contributed by atoms with Crippen molar-refractivity contribution in [2.45, 2.75) is 6.42 Å². The quantitative estimate of drug-likeness (QED) is 0.881. The molecule has 1 aromatic rings. The molecular weight excluding hydrogens is 294 g/mol. The molecule has 1 saturated heterocycles. The minimum Gasteiger partial charge on any atom is -0.454 e. The second-order valence-electron chi connectivity index (χ2n) is 5.11. The zero-order valence-electron chi connectivity index (χ0n) is 11.7. The van der Waals surface area contributed by atoms with Crippen LogP contribution in [0, 0.1) is 0 Å². The lowest BCUT2D eigenvalue weighted by Crippen LogP contribution is -2.35. The molecule has 0 bridgehead atoms. The molecule has 1 aromatic carbocycles. The van der Waals surface area contributed by atoms with E-state index in [1.165, 1.54) is 0 Å². The minimum atomic E-state index is -0.0716. The van der Waals surface area contributed by atoms with E-state index in [9.17, 15) is 4.79 Å². The van der Waals surface area contributed by atoms with Crippen molar-refractivity contribution >= 4 is 23.2 Å². The molecule has 2 heterocycles. The molecule has 2 N–H and O–H groups in total. The van der Waals surface area contributed by atoms with Crippen LogP contribution in [-0.4, -0.2) is 50.3 Å². The third kappa shape index (κ3) is 3.58. The molecule has 0 atom stereocenters. The summed E-state index contributed by atoms with van der Waals surface area (Å²) in [7, 11) is 0. The van der Waals surface area contributed by atoms with E-state index in [1.54, 1.807) is 12.1 Å². The number of fused-ring (bicyclic) bond motifs is 1. The van der Waals surface area contributed by atoms with Crippen LogP contribution in [0.2, 0.25) is 5.02 Å². The molecule has 2 aliphatic heterocycles. The van der Waals surface area contributed by atoms with Gasteiger partial charge in [-0.05, 0) is 19.5 Å². The van der Waals surface area contributed by atoms with Gasteiger partial charge in [0.1, 0.15) is 0 Å². The molecule has 6 nitrogen and oxygen atoms in total. The fraction of sp³-hybridized carbons (Fsp3) is 0.500. The van der Waals surface area contributed by atoms with Gasteiger partial charge < -0.3 is 20.1 Å². The summed E-state index contributed by atoms with van der Waals surface area (Å²) >= 11 is 6.15. The number of hydrogen-bond donors (Lipinski definition) is 2. The van der Waals surface area contributed by atoms with Gasteiger partial charge in [0.15, 0.2) is 11.5 Å². The number of carbonyl (C=O) groups is 1. The van der Waals surface area contributed by atoms with Crippen LogP contribution in [0.1, 0.15) is 6.42 Å². The summed E-state index contributed by atoms with van der Waals surface area (Å²) in [6.45, 7) is 4.28. The Morgan fingerprint density at radius 1 is 1.29 bits per heavy atom. The predicted molar refractivity (Wildman–Crippen MR) is 80.1 cm³/mol. The van der Waals surface area contributed by atoms with Gasteiger partial charge >= 0.3 is 0 Å². The van der Waals surface area contributed by atoms with Gasteiger partial charge in [-0.15, -0.1) is 0 Å². The predicted octanol–water partition coefficient (Wildman–Crippen LogP) is 1.30. The fourth-order valence-electron chi connectivity index (χ4n) is 2.47. The largest absolute Gasteiger partial charge is 0.454 e. The summed E-state index contributed by atoms with van der Waals surface area (Å²) in [5, 5.41) is 6.60. The van der Waals surface area contributed by atoms with E-state index in [2.05, 4.69) is 15.5 Å². The summed E-state index contributed by atoms with van der Waals surface area (Å²) in [6.07, 6.45) is 1.05. The van der Waals surface area contributed by atoms with Crippen LogP contribution >= 0.6 is 11.6 Å². The summed E-state index contributed by atoms with van der Waals surface area (Å²) in [6, 6.07) is 3.36. The van der Waals surface area contributed by atoms with E-state index in [0.717, 1.165) is 32.6 Å². The first kappa shape index (κ1) is 14.4. The third-order valence-corrected chi connectivity index (χ3v) is 3.85. The van der Waals surface area contributed by atoms with E-state index in [0.29, 0.717) is 28.8 Å². The molecule has 0 saturated carbocycles. The Kier molecular flexibility index (Phi) is 4.48. The second-order valence-corrected chi connectivity index (χ2v) is 5.52. The average Bonchev–Trinajstić information content (AvgIpc) is 2.74. The van der Waals surface area contributed by atoms with Crippen LogP contribution in [0.3, 0.4) is 0 Å². The lowest BCUT2D eigenvalue weighted by molar-refractivity contribution is -0.117. The minimum absolute atomic E-state index is 0.0716. The number of nitrogens with one attached hydrogen (secondary N) is 2. The maximum atomic E-state index is 12.1. The van der Waals surface area contributed by atoms with Gasteiger partial charge in [-0.3, -0.25) is 9.69 Å². The van der Waals surface area contributed by atoms with E-state index in [-0.39, 0.29) is 12.7 Å². The zero-order valence-corrected chi connectivity index (χ0v) is 12.4. The molecule has 3 rings (SSSR count). The van der Waals surface area contributed by atoms with Crippen molar-refractivity contribution in [3.8, 4) is 11.5 Å². The number of carbonyl (C=O) groups excluding carboxylic acids is 1. The van der Waals surface area contributed by atoms with Crippen LogP contribution in [0.25, 0.3) is 0 Å². The Morgan fingerprint density at radius 3 is 2.95 bits per heavy atom. The van der Waals surface area contributed by atoms with E-state index in [4.69, 9.17) is 21.1 Å². The van der Waals surface area contributed by atoms with Crippen molar-refractivity contribution in [3.05, 3.63) is 17.2 Å². The number of anilines is 1. The first-order valence-electron chi connectivity index (χ1n) is 7.04. The summed E-state index contributed by atoms with van der Waals surface area (Å²) in [4.78, 5) is 14.3. The molecule has 21 heavy (non-hydrogen) atoms. The van der Waals surface area contributed by atoms with Crippen LogP contribution in [0.4, 0.5) is 5.69 Å². The lowest BCUT2D eigenvalue weighted by atomic mass is 10.2. The first-order chi connectivity index (χ1) is 10.2. The summed E-state index contributed by atoms with van der Waals surface area (Å²) < 4.78 is 10.5. The van der Waals surface area contributed by atoms with Gasteiger partial charge in [0.05, 0.1) is 17.3 Å². The average molecular weight is 312 g/mol. The Morgan fingerprint density at radius 2 is 2.10 bits per heavy atom. The van der Waals surface area contributed by atoms with Crippen molar-refractivity contribution in [2.75, 3.05) is 44.8 Å². The van der Waals surface area contributed by atoms with E-state index >= 15 is 0 Å². The standard InChI is InChI=1S/C14H18ClN3O3/c15-10-6-12-13(21-9-20-12)7-11(10)17-14(19)8-18-4-1-2-16-3-5-18/h6-7,16H,1-5,8-9H2,(H,17,19). The Hall–Kier alpha value is -1.50. The van der Waals surface area contributed by atoms with Crippen molar-refractivity contribution in [1.29, 1.82) is 0 Å². The topological polar surface area (TPSA) is 62.8 Å². The van der Waals surface area contributed by atoms with Crippen molar-refractivity contribution < 1.29 is 14.3 Å². The van der Waals surface area contributed by atoms with Gasteiger partial charge in [0.25, 0.3) is 0 Å². The molecule has 0 unspecified atom stereocenters. The third-order valence-electron chi connectivity index (χ3n) is 3.54. The number of hydrogen-bond acceptors (Lipinski definition) is 5. The van der Waals surface area contributed by atoms with Crippen LogP contribution in [-0.2, 0) is 4.79 Å². The molecule has 114 valence electrons. The zero-order chi connectivity index (χ0) is 14.7. The highest BCUT2D eigenvalue weighted by molar-refractivity contribution is 6.34. The molecule has 0 aliphatic carbocycles. The Labute approximate surface area is 128 Å². The van der Waals surface area contributed by atoms with E-state index < -0.39 is 0 Å². The second kappa shape index (κ2) is 6.51. The van der Waals surface area contributed by atoms with Crippen LogP contribution in [0.5, 0.6) is 11.5 Å². The van der Waals surface area contributed by atoms with E-state index in [1.807, 2.05) is 0 Å². The number of halogens is 1. The van der Waals surface area contributed by atoms with Crippen LogP contribution in [0.15, 0.2) is 12.1 Å². The fourth-order valence-corrected chi connectivity index (χ4v) is 2.67. The van der Waals surface area contributed by atoms with Gasteiger partial charge in [0.2, 0.25) is 12.7 Å². The number of nitrogens with zero attached hydrogens (tertiary/aromatic N) is 1. The Bertz CT molecular complexity index is 530. The number of benzene rings is 1. The molecule has 7 heteroatoms. The molecule has 0 radical (unpaired) electrons. The number of amides is 1. The molecule has 0 aromatic heterocycles. The smallest absolute Gasteiger partial charge is 0.238 e.